The molecule has 7 nitrogen and oxygen atoms in total. The maximum Gasteiger partial charge on any atom is 0.322 e. The molecule has 0 radical (unpaired) electrons. The number of rotatable bonds is 3. The average Bonchev–Trinajstić information content (AvgIpc) is 3.15. The molecule has 0 aliphatic carbocycles. The van der Waals surface area contributed by atoms with Crippen LogP contribution in [0.1, 0.15) is 11.1 Å². The molecule has 1 aliphatic heterocycles. The lowest BCUT2D eigenvalue weighted by molar-refractivity contribution is 0.206. The lowest BCUT2D eigenvalue weighted by Gasteiger charge is -2.28. The summed E-state index contributed by atoms with van der Waals surface area (Å²) in [5.41, 5.74) is 3.38. The first-order chi connectivity index (χ1) is 13.4. The zero-order chi connectivity index (χ0) is 19.7. The molecule has 3 aromatic rings. The number of hydrogen-bond acceptors (Lipinski definition) is 4. The Bertz CT molecular complexity index is 1140. The van der Waals surface area contributed by atoms with Crippen LogP contribution in [0.4, 0.5) is 10.5 Å². The second-order valence-corrected chi connectivity index (χ2v) is 8.77. The molecular weight excluding hydrogens is 376 g/mol. The van der Waals surface area contributed by atoms with Crippen LogP contribution in [0.2, 0.25) is 0 Å². The monoisotopic (exact) mass is 396 g/mol. The molecule has 1 aromatic heterocycles. The van der Waals surface area contributed by atoms with Gasteiger partial charge in [-0.15, -0.1) is 0 Å². The van der Waals surface area contributed by atoms with Gasteiger partial charge in [-0.05, 0) is 29.7 Å². The van der Waals surface area contributed by atoms with Crippen LogP contribution in [0.3, 0.4) is 0 Å². The zero-order valence-corrected chi connectivity index (χ0v) is 16.2. The van der Waals surface area contributed by atoms with E-state index in [0.29, 0.717) is 24.5 Å². The minimum atomic E-state index is -3.40. The van der Waals surface area contributed by atoms with Gasteiger partial charge in [0.25, 0.3) is 0 Å². The highest BCUT2D eigenvalue weighted by atomic mass is 32.2. The smallest absolute Gasteiger partial charge is 0.320 e. The predicted molar refractivity (Wildman–Crippen MR) is 106 cm³/mol. The van der Waals surface area contributed by atoms with Gasteiger partial charge >= 0.3 is 6.03 Å². The first-order valence-corrected chi connectivity index (χ1v) is 10.8. The lowest BCUT2D eigenvalue weighted by Crippen LogP contribution is -2.38. The van der Waals surface area contributed by atoms with Gasteiger partial charge < -0.3 is 10.2 Å². The summed E-state index contributed by atoms with van der Waals surface area (Å²) < 4.78 is 25.5. The fraction of sp³-hybridized carbons (Fsp3) is 0.200. The number of hydrogen-bond donors (Lipinski definition) is 1. The minimum Gasteiger partial charge on any atom is -0.320 e. The molecule has 0 unspecified atom stereocenters. The Morgan fingerprint density at radius 3 is 2.57 bits per heavy atom. The molecule has 2 heterocycles. The van der Waals surface area contributed by atoms with Gasteiger partial charge in [-0.2, -0.15) is 5.10 Å². The van der Waals surface area contributed by atoms with Crippen molar-refractivity contribution in [1.29, 1.82) is 0 Å². The van der Waals surface area contributed by atoms with Crippen molar-refractivity contribution < 1.29 is 13.2 Å². The number of amides is 2. The number of sulfone groups is 1. The second-order valence-electron chi connectivity index (χ2n) is 6.78. The molecule has 8 heteroatoms. The Hall–Kier alpha value is -3.13. The van der Waals surface area contributed by atoms with Crippen LogP contribution in [-0.2, 0) is 22.8 Å². The predicted octanol–water partition coefficient (Wildman–Crippen LogP) is 2.87. The van der Waals surface area contributed by atoms with Crippen molar-refractivity contribution in [1.82, 2.24) is 14.7 Å². The van der Waals surface area contributed by atoms with E-state index in [4.69, 9.17) is 0 Å². The van der Waals surface area contributed by atoms with E-state index >= 15 is 0 Å². The number of nitrogens with one attached hydrogen (secondary N) is 1. The Kier molecular flexibility index (Phi) is 4.64. The molecule has 0 saturated heterocycles. The van der Waals surface area contributed by atoms with Crippen molar-refractivity contribution in [3.8, 4) is 5.69 Å². The summed E-state index contributed by atoms with van der Waals surface area (Å²) in [5.74, 6) is 0. The molecule has 28 heavy (non-hydrogen) atoms. The van der Waals surface area contributed by atoms with E-state index < -0.39 is 9.84 Å². The van der Waals surface area contributed by atoms with Crippen LogP contribution in [0.15, 0.2) is 65.8 Å². The van der Waals surface area contributed by atoms with Gasteiger partial charge in [-0.3, -0.25) is 0 Å². The van der Waals surface area contributed by atoms with E-state index in [2.05, 4.69) is 16.5 Å². The summed E-state index contributed by atoms with van der Waals surface area (Å²) in [6.07, 6.45) is 5.10. The Labute approximate surface area is 163 Å². The number of benzene rings is 2. The molecule has 2 aromatic carbocycles. The van der Waals surface area contributed by atoms with Gasteiger partial charge in [-0.1, -0.05) is 36.4 Å². The molecule has 0 spiro atoms. The molecule has 2 amide bonds. The number of aromatic nitrogens is 2. The van der Waals surface area contributed by atoms with E-state index in [-0.39, 0.29) is 10.9 Å². The number of urea groups is 1. The molecule has 1 N–H and O–H groups in total. The van der Waals surface area contributed by atoms with Crippen molar-refractivity contribution >= 4 is 21.6 Å². The minimum absolute atomic E-state index is 0.184. The number of nitrogens with zero attached hydrogens (tertiary/aromatic N) is 3. The quantitative estimate of drug-likeness (QED) is 0.738. The van der Waals surface area contributed by atoms with Crippen molar-refractivity contribution in [3.63, 3.8) is 0 Å². The number of para-hydroxylation sites is 1. The van der Waals surface area contributed by atoms with Crippen molar-refractivity contribution in [2.45, 2.75) is 17.9 Å². The topological polar surface area (TPSA) is 84.3 Å². The van der Waals surface area contributed by atoms with Crippen molar-refractivity contribution in [2.75, 3.05) is 18.1 Å². The Balaban J connectivity index is 1.51. The molecule has 0 fully saturated rings. The molecule has 0 bridgehead atoms. The maximum atomic E-state index is 12.6. The highest BCUT2D eigenvalue weighted by molar-refractivity contribution is 7.90. The summed E-state index contributed by atoms with van der Waals surface area (Å²) in [6, 6.07) is 14.5. The van der Waals surface area contributed by atoms with E-state index in [1.165, 1.54) is 22.5 Å². The van der Waals surface area contributed by atoms with Crippen LogP contribution in [0, 0.1) is 0 Å². The molecule has 0 saturated carbocycles. The summed E-state index contributed by atoms with van der Waals surface area (Å²) in [5, 5.41) is 7.06. The fourth-order valence-corrected chi connectivity index (χ4v) is 4.22. The fourth-order valence-electron chi connectivity index (χ4n) is 3.35. The first kappa shape index (κ1) is 18.2. The van der Waals surface area contributed by atoms with Crippen LogP contribution < -0.4 is 5.32 Å². The van der Waals surface area contributed by atoms with Gasteiger partial charge in [0.05, 0.1) is 28.7 Å². The molecule has 0 atom stereocenters. The molecule has 4 rings (SSSR count). The van der Waals surface area contributed by atoms with Crippen LogP contribution in [0.5, 0.6) is 0 Å². The third-order valence-corrected chi connectivity index (χ3v) is 5.91. The van der Waals surface area contributed by atoms with Gasteiger partial charge in [0.1, 0.15) is 0 Å². The highest BCUT2D eigenvalue weighted by Crippen LogP contribution is 2.22. The number of carbonyl (C=O) groups excluding carboxylic acids is 1. The van der Waals surface area contributed by atoms with Crippen molar-refractivity contribution in [2.24, 2.45) is 0 Å². The van der Waals surface area contributed by atoms with Crippen LogP contribution in [0.25, 0.3) is 5.69 Å². The third-order valence-electron chi connectivity index (χ3n) is 4.76. The Morgan fingerprint density at radius 1 is 1.07 bits per heavy atom. The second kappa shape index (κ2) is 7.12. The zero-order valence-electron chi connectivity index (χ0n) is 15.4. The molecule has 144 valence electrons. The number of anilines is 1. The highest BCUT2D eigenvalue weighted by Gasteiger charge is 2.21. The van der Waals surface area contributed by atoms with Crippen molar-refractivity contribution in [3.05, 3.63) is 72.1 Å². The average molecular weight is 396 g/mol. The first-order valence-electron chi connectivity index (χ1n) is 8.89. The van der Waals surface area contributed by atoms with Crippen LogP contribution in [-0.4, -0.2) is 41.9 Å². The number of fused-ring (bicyclic) bond motifs is 1. The van der Waals surface area contributed by atoms with E-state index in [1.807, 2.05) is 18.2 Å². The van der Waals surface area contributed by atoms with Crippen LogP contribution >= 0.6 is 0 Å². The summed E-state index contributed by atoms with van der Waals surface area (Å²) in [6.45, 7) is 1.21. The lowest BCUT2D eigenvalue weighted by atomic mass is 10.0. The van der Waals surface area contributed by atoms with Gasteiger partial charge in [0.15, 0.2) is 9.84 Å². The maximum absolute atomic E-state index is 12.6. The summed E-state index contributed by atoms with van der Waals surface area (Å²) in [7, 11) is -3.40. The SMILES string of the molecule is CS(=O)(=O)c1ccccc1-n1cc(NC(=O)N2CCc3ccccc3C2)cn1. The molecular formula is C20H20N4O3S. The van der Waals surface area contributed by atoms with Gasteiger partial charge in [0, 0.05) is 19.3 Å². The standard InChI is InChI=1S/C20H20N4O3S/c1-28(26,27)19-9-5-4-8-18(19)24-14-17(12-21-24)22-20(25)23-11-10-15-6-2-3-7-16(15)13-23/h2-9,12,14H,10-11,13H2,1H3,(H,22,25). The normalized spacial score (nSPS) is 13.8. The van der Waals surface area contributed by atoms with Gasteiger partial charge in [-0.25, -0.2) is 17.9 Å². The van der Waals surface area contributed by atoms with Gasteiger partial charge in [0.2, 0.25) is 0 Å². The Morgan fingerprint density at radius 2 is 1.79 bits per heavy atom. The number of carbonyl (C=O) groups is 1. The molecule has 1 aliphatic rings. The van der Waals surface area contributed by atoms with E-state index in [9.17, 15) is 13.2 Å². The van der Waals surface area contributed by atoms with E-state index in [1.54, 1.807) is 29.3 Å². The summed E-state index contributed by atoms with van der Waals surface area (Å²) in [4.78, 5) is 14.6. The van der Waals surface area contributed by atoms with E-state index in [0.717, 1.165) is 18.2 Å². The third kappa shape index (κ3) is 3.63. The summed E-state index contributed by atoms with van der Waals surface area (Å²) >= 11 is 0. The largest absolute Gasteiger partial charge is 0.322 e.